The lowest BCUT2D eigenvalue weighted by Crippen LogP contribution is -2.47. The van der Waals surface area contributed by atoms with Crippen LogP contribution in [-0.2, 0) is 4.79 Å². The Bertz CT molecular complexity index is 1020. The highest BCUT2D eigenvalue weighted by molar-refractivity contribution is 5.96. The van der Waals surface area contributed by atoms with Crippen LogP contribution in [0, 0.1) is 0 Å². The molecule has 39 heavy (non-hydrogen) atoms. The Kier molecular flexibility index (Phi) is 12.7. The van der Waals surface area contributed by atoms with Crippen molar-refractivity contribution in [3.05, 3.63) is 59.7 Å². The SMILES string of the molecule is COc1ccc(C(=O)CCCCC(=O)NC(CN2CC[C@H](O)C2)[C@H](O)c2ccc(OCCCCF)cc2)cc1. The number of rotatable bonds is 17. The summed E-state index contributed by atoms with van der Waals surface area (Å²) in [6.45, 7) is 1.66. The van der Waals surface area contributed by atoms with Crippen molar-refractivity contribution in [1.82, 2.24) is 10.2 Å². The van der Waals surface area contributed by atoms with Crippen LogP contribution in [0.4, 0.5) is 4.39 Å². The second-order valence-corrected chi connectivity index (χ2v) is 9.99. The third-order valence-electron chi connectivity index (χ3n) is 6.92. The van der Waals surface area contributed by atoms with Gasteiger partial charge < -0.3 is 25.0 Å². The van der Waals surface area contributed by atoms with Crippen LogP contribution in [0.1, 0.15) is 67.0 Å². The van der Waals surface area contributed by atoms with Crippen LogP contribution in [0.15, 0.2) is 48.5 Å². The summed E-state index contributed by atoms with van der Waals surface area (Å²) in [5, 5.41) is 24.1. The summed E-state index contributed by atoms with van der Waals surface area (Å²) in [5.41, 5.74) is 1.26. The minimum absolute atomic E-state index is 0.0220. The molecule has 1 saturated heterocycles. The summed E-state index contributed by atoms with van der Waals surface area (Å²) >= 11 is 0. The van der Waals surface area contributed by atoms with Gasteiger partial charge in [-0.25, -0.2) is 0 Å². The maximum Gasteiger partial charge on any atom is 0.220 e. The number of amides is 1. The van der Waals surface area contributed by atoms with Crippen molar-refractivity contribution in [1.29, 1.82) is 0 Å². The van der Waals surface area contributed by atoms with Gasteiger partial charge in [-0.3, -0.25) is 18.9 Å². The number of nitrogens with one attached hydrogen (secondary N) is 1. The van der Waals surface area contributed by atoms with E-state index in [1.165, 1.54) is 0 Å². The molecule has 3 N–H and O–H groups in total. The van der Waals surface area contributed by atoms with E-state index < -0.39 is 18.2 Å². The molecule has 3 atom stereocenters. The molecule has 1 aliphatic heterocycles. The summed E-state index contributed by atoms with van der Waals surface area (Å²) in [4.78, 5) is 27.3. The van der Waals surface area contributed by atoms with Crippen molar-refractivity contribution in [2.24, 2.45) is 0 Å². The first-order valence-corrected chi connectivity index (χ1v) is 13.7. The second-order valence-electron chi connectivity index (χ2n) is 9.99. The van der Waals surface area contributed by atoms with Gasteiger partial charge in [-0.2, -0.15) is 0 Å². The molecule has 0 aliphatic carbocycles. The quantitative estimate of drug-likeness (QED) is 0.205. The molecule has 2 aromatic carbocycles. The molecule has 1 heterocycles. The molecule has 0 bridgehead atoms. The zero-order chi connectivity index (χ0) is 28.0. The van der Waals surface area contributed by atoms with Crippen molar-refractivity contribution in [3.8, 4) is 11.5 Å². The van der Waals surface area contributed by atoms with Crippen molar-refractivity contribution >= 4 is 11.7 Å². The average Bonchev–Trinajstić information content (AvgIpc) is 3.37. The van der Waals surface area contributed by atoms with Crippen LogP contribution >= 0.6 is 0 Å². The predicted octanol–water partition coefficient (Wildman–Crippen LogP) is 3.85. The van der Waals surface area contributed by atoms with Gasteiger partial charge in [0.15, 0.2) is 5.78 Å². The van der Waals surface area contributed by atoms with Crippen molar-refractivity contribution in [2.75, 3.05) is 40.0 Å². The number of ether oxygens (including phenoxy) is 2. The third-order valence-corrected chi connectivity index (χ3v) is 6.92. The number of nitrogens with zero attached hydrogens (tertiary/aromatic N) is 1. The lowest BCUT2D eigenvalue weighted by Gasteiger charge is -2.29. The molecule has 1 unspecified atom stereocenters. The number of ketones is 1. The van der Waals surface area contributed by atoms with Crippen LogP contribution in [0.2, 0.25) is 0 Å². The monoisotopic (exact) mass is 544 g/mol. The Balaban J connectivity index is 1.51. The van der Waals surface area contributed by atoms with Gasteiger partial charge in [0.1, 0.15) is 17.6 Å². The van der Waals surface area contributed by atoms with E-state index in [-0.39, 0.29) is 24.8 Å². The predicted molar refractivity (Wildman–Crippen MR) is 147 cm³/mol. The molecule has 0 saturated carbocycles. The number of carbonyl (C=O) groups excluding carboxylic acids is 2. The molecule has 1 aliphatic rings. The molecule has 9 heteroatoms. The van der Waals surface area contributed by atoms with Gasteiger partial charge in [-0.15, -0.1) is 0 Å². The summed E-state index contributed by atoms with van der Waals surface area (Å²) in [5.74, 6) is 1.16. The third kappa shape index (κ3) is 10.2. The molecular formula is C30H41FN2O6. The maximum atomic E-state index is 12.8. The molecule has 1 fully saturated rings. The van der Waals surface area contributed by atoms with E-state index in [1.807, 2.05) is 4.90 Å². The Morgan fingerprint density at radius 3 is 2.36 bits per heavy atom. The number of carbonyl (C=O) groups is 2. The average molecular weight is 545 g/mol. The molecule has 0 aromatic heterocycles. The maximum absolute atomic E-state index is 12.8. The largest absolute Gasteiger partial charge is 0.497 e. The number of aliphatic hydroxyl groups is 2. The minimum atomic E-state index is -0.955. The van der Waals surface area contributed by atoms with E-state index in [0.717, 1.165) is 0 Å². The van der Waals surface area contributed by atoms with Gasteiger partial charge in [0.05, 0.1) is 32.5 Å². The van der Waals surface area contributed by atoms with Crippen LogP contribution in [0.5, 0.6) is 11.5 Å². The molecule has 0 radical (unpaired) electrons. The standard InChI is InChI=1S/C30H41FN2O6/c1-38-25-12-8-22(9-13-25)28(35)6-2-3-7-29(36)32-27(21-33-18-16-24(34)20-33)30(37)23-10-14-26(15-11-23)39-19-5-4-17-31/h8-15,24,27,30,34,37H,2-7,16-21H2,1H3,(H,32,36)/t24-,27?,30+/m0/s1. The number of halogens is 1. The molecule has 0 spiro atoms. The second kappa shape index (κ2) is 16.2. The number of alkyl halides is 1. The summed E-state index contributed by atoms with van der Waals surface area (Å²) in [6.07, 6.45) is 2.11. The number of aliphatic hydroxyl groups excluding tert-OH is 2. The smallest absolute Gasteiger partial charge is 0.220 e. The number of benzene rings is 2. The molecule has 8 nitrogen and oxygen atoms in total. The molecule has 214 valence electrons. The van der Waals surface area contributed by atoms with E-state index in [0.29, 0.717) is 87.4 Å². The van der Waals surface area contributed by atoms with E-state index in [4.69, 9.17) is 9.47 Å². The first-order chi connectivity index (χ1) is 18.9. The summed E-state index contributed by atoms with van der Waals surface area (Å²) in [7, 11) is 1.57. The highest BCUT2D eigenvalue weighted by Crippen LogP contribution is 2.23. The first kappa shape index (κ1) is 30.5. The lowest BCUT2D eigenvalue weighted by molar-refractivity contribution is -0.123. The van der Waals surface area contributed by atoms with E-state index in [2.05, 4.69) is 5.32 Å². The molecule has 2 aromatic rings. The Labute approximate surface area is 230 Å². The van der Waals surface area contributed by atoms with Crippen LogP contribution < -0.4 is 14.8 Å². The highest BCUT2D eigenvalue weighted by Gasteiger charge is 2.29. The van der Waals surface area contributed by atoms with Crippen molar-refractivity contribution < 1.29 is 33.7 Å². The Morgan fingerprint density at radius 1 is 1.03 bits per heavy atom. The highest BCUT2D eigenvalue weighted by atomic mass is 19.1. The van der Waals surface area contributed by atoms with Crippen molar-refractivity contribution in [3.63, 3.8) is 0 Å². The minimum Gasteiger partial charge on any atom is -0.497 e. The molecular weight excluding hydrogens is 503 g/mol. The van der Waals surface area contributed by atoms with Crippen molar-refractivity contribution in [2.45, 2.75) is 63.2 Å². The Morgan fingerprint density at radius 2 is 1.72 bits per heavy atom. The molecule has 1 amide bonds. The number of likely N-dealkylation sites (tertiary alicyclic amines) is 1. The normalized spacial score (nSPS) is 17.0. The van der Waals surface area contributed by atoms with Crippen LogP contribution in [0.3, 0.4) is 0 Å². The van der Waals surface area contributed by atoms with E-state index in [9.17, 15) is 24.2 Å². The van der Waals surface area contributed by atoms with Gasteiger partial charge in [-0.05, 0) is 74.1 Å². The van der Waals surface area contributed by atoms with E-state index >= 15 is 0 Å². The summed E-state index contributed by atoms with van der Waals surface area (Å²) in [6, 6.07) is 13.4. The fourth-order valence-corrected chi connectivity index (χ4v) is 4.63. The fraction of sp³-hybridized carbons (Fsp3) is 0.533. The van der Waals surface area contributed by atoms with Crippen LogP contribution in [-0.4, -0.2) is 79.0 Å². The zero-order valence-electron chi connectivity index (χ0n) is 22.7. The number of Topliss-reactive ketones (excluding diaryl/α,β-unsaturated/α-hetero) is 1. The van der Waals surface area contributed by atoms with Crippen LogP contribution in [0.25, 0.3) is 0 Å². The van der Waals surface area contributed by atoms with Gasteiger partial charge in [0.2, 0.25) is 5.91 Å². The number of β-amino-alcohol motifs (C(OH)–C–C–N with tert-alkyl or cyclic N) is 1. The van der Waals surface area contributed by atoms with Gasteiger partial charge in [-0.1, -0.05) is 12.1 Å². The topological polar surface area (TPSA) is 108 Å². The fourth-order valence-electron chi connectivity index (χ4n) is 4.63. The van der Waals surface area contributed by atoms with Gasteiger partial charge >= 0.3 is 0 Å². The summed E-state index contributed by atoms with van der Waals surface area (Å²) < 4.78 is 23.0. The lowest BCUT2D eigenvalue weighted by atomic mass is 10.0. The first-order valence-electron chi connectivity index (χ1n) is 13.7. The van der Waals surface area contributed by atoms with E-state index in [1.54, 1.807) is 55.6 Å². The number of hydrogen-bond donors (Lipinski definition) is 3. The number of methoxy groups -OCH3 is 1. The number of unbranched alkanes of at least 4 members (excludes halogenated alkanes) is 2. The van der Waals surface area contributed by atoms with Gasteiger partial charge in [0, 0.05) is 38.0 Å². The Hall–Kier alpha value is -3.01. The zero-order valence-corrected chi connectivity index (χ0v) is 22.7. The molecule has 3 rings (SSSR count). The van der Waals surface area contributed by atoms with Gasteiger partial charge in [0.25, 0.3) is 0 Å². The number of hydrogen-bond acceptors (Lipinski definition) is 7.